The SMILES string of the molecule is Cc1ccc(Nc2nc(C)c3c(n2)CC(C=Cc2ccccc2)CC3=O)cc1. The first kappa shape index (κ1) is 18.1. The van der Waals surface area contributed by atoms with Crippen molar-refractivity contribution >= 4 is 23.5 Å². The topological polar surface area (TPSA) is 54.9 Å². The summed E-state index contributed by atoms with van der Waals surface area (Å²) in [7, 11) is 0. The van der Waals surface area contributed by atoms with Crippen LogP contribution in [0.5, 0.6) is 0 Å². The summed E-state index contributed by atoms with van der Waals surface area (Å²) in [5.74, 6) is 0.825. The number of fused-ring (bicyclic) bond motifs is 1. The van der Waals surface area contributed by atoms with Crippen LogP contribution in [0.3, 0.4) is 0 Å². The Morgan fingerprint density at radius 3 is 2.46 bits per heavy atom. The molecule has 4 nitrogen and oxygen atoms in total. The molecule has 3 aromatic rings. The Balaban J connectivity index is 1.58. The molecule has 1 N–H and O–H groups in total. The minimum absolute atomic E-state index is 0.128. The number of allylic oxidation sites excluding steroid dienone is 1. The summed E-state index contributed by atoms with van der Waals surface area (Å²) >= 11 is 0. The van der Waals surface area contributed by atoms with Crippen molar-refractivity contribution < 1.29 is 4.79 Å². The van der Waals surface area contributed by atoms with Crippen LogP contribution in [-0.2, 0) is 6.42 Å². The maximum atomic E-state index is 12.7. The first-order valence-corrected chi connectivity index (χ1v) is 9.56. The highest BCUT2D eigenvalue weighted by Crippen LogP contribution is 2.29. The van der Waals surface area contributed by atoms with Crippen LogP contribution in [0, 0.1) is 19.8 Å². The molecular formula is C24H23N3O. The smallest absolute Gasteiger partial charge is 0.227 e. The fourth-order valence-electron chi connectivity index (χ4n) is 3.57. The summed E-state index contributed by atoms with van der Waals surface area (Å²) in [4.78, 5) is 21.9. The standard InChI is InChI=1S/C24H23N3O/c1-16-8-12-20(13-9-16)26-24-25-17(2)23-21(27-24)14-19(15-22(23)28)11-10-18-6-4-3-5-7-18/h3-13,19H,14-15H2,1-2H3,(H,25,26,27). The van der Waals surface area contributed by atoms with E-state index in [4.69, 9.17) is 0 Å². The number of carbonyl (C=O) groups excluding carboxylic acids is 1. The average molecular weight is 369 g/mol. The van der Waals surface area contributed by atoms with Gasteiger partial charge in [-0.2, -0.15) is 0 Å². The fraction of sp³-hybridized carbons (Fsp3) is 0.208. The molecular weight excluding hydrogens is 346 g/mol. The number of ketones is 1. The van der Waals surface area contributed by atoms with Crippen molar-refractivity contribution in [1.29, 1.82) is 0 Å². The van der Waals surface area contributed by atoms with Gasteiger partial charge >= 0.3 is 0 Å². The summed E-state index contributed by atoms with van der Waals surface area (Å²) in [5.41, 5.74) is 5.55. The van der Waals surface area contributed by atoms with E-state index in [0.29, 0.717) is 17.9 Å². The molecule has 28 heavy (non-hydrogen) atoms. The van der Waals surface area contributed by atoms with Crippen molar-refractivity contribution in [3.8, 4) is 0 Å². The predicted octanol–water partition coefficient (Wildman–Crippen LogP) is 5.30. The number of carbonyl (C=O) groups is 1. The number of rotatable bonds is 4. The second-order valence-electron chi connectivity index (χ2n) is 7.31. The lowest BCUT2D eigenvalue weighted by atomic mass is 9.85. The maximum Gasteiger partial charge on any atom is 0.227 e. The predicted molar refractivity (Wildman–Crippen MR) is 113 cm³/mol. The van der Waals surface area contributed by atoms with E-state index >= 15 is 0 Å². The van der Waals surface area contributed by atoms with Crippen LogP contribution in [-0.4, -0.2) is 15.8 Å². The molecule has 4 rings (SSSR count). The van der Waals surface area contributed by atoms with Crippen molar-refractivity contribution in [2.75, 3.05) is 5.32 Å². The summed E-state index contributed by atoms with van der Waals surface area (Å²) in [6.07, 6.45) is 5.46. The Labute approximate surface area is 165 Å². The van der Waals surface area contributed by atoms with E-state index in [9.17, 15) is 4.79 Å². The van der Waals surface area contributed by atoms with Gasteiger partial charge in [0.2, 0.25) is 5.95 Å². The van der Waals surface area contributed by atoms with E-state index in [1.165, 1.54) is 5.56 Å². The van der Waals surface area contributed by atoms with Crippen molar-refractivity contribution in [2.45, 2.75) is 26.7 Å². The van der Waals surface area contributed by atoms with Gasteiger partial charge in [0.25, 0.3) is 0 Å². The third-order valence-electron chi connectivity index (χ3n) is 5.01. The van der Waals surface area contributed by atoms with E-state index in [1.54, 1.807) is 0 Å². The number of benzene rings is 2. The number of anilines is 2. The molecule has 1 atom stereocenters. The molecule has 1 aromatic heterocycles. The summed E-state index contributed by atoms with van der Waals surface area (Å²) in [6, 6.07) is 18.2. The average Bonchev–Trinajstić information content (AvgIpc) is 2.68. The van der Waals surface area contributed by atoms with Gasteiger partial charge in [-0.1, -0.05) is 60.2 Å². The highest BCUT2D eigenvalue weighted by molar-refractivity contribution is 5.99. The molecule has 0 aliphatic heterocycles. The number of nitrogens with one attached hydrogen (secondary N) is 1. The lowest BCUT2D eigenvalue weighted by molar-refractivity contribution is 0.0957. The summed E-state index contributed by atoms with van der Waals surface area (Å²) < 4.78 is 0. The molecule has 0 radical (unpaired) electrons. The molecule has 0 spiro atoms. The van der Waals surface area contributed by atoms with Gasteiger partial charge in [0.05, 0.1) is 17.0 Å². The number of aromatic nitrogens is 2. The minimum Gasteiger partial charge on any atom is -0.324 e. The van der Waals surface area contributed by atoms with Gasteiger partial charge in [-0.15, -0.1) is 0 Å². The van der Waals surface area contributed by atoms with Gasteiger partial charge in [0.15, 0.2) is 5.78 Å². The van der Waals surface area contributed by atoms with Crippen LogP contribution >= 0.6 is 0 Å². The van der Waals surface area contributed by atoms with Crippen LogP contribution in [0.2, 0.25) is 0 Å². The van der Waals surface area contributed by atoms with Crippen LogP contribution in [0.25, 0.3) is 6.08 Å². The van der Waals surface area contributed by atoms with Crippen LogP contribution < -0.4 is 5.32 Å². The van der Waals surface area contributed by atoms with Gasteiger partial charge < -0.3 is 5.32 Å². The lowest BCUT2D eigenvalue weighted by Crippen LogP contribution is -2.22. The minimum atomic E-state index is 0.128. The molecule has 1 heterocycles. The van der Waals surface area contributed by atoms with Crippen molar-refractivity contribution in [2.24, 2.45) is 5.92 Å². The molecule has 2 aromatic carbocycles. The van der Waals surface area contributed by atoms with Crippen LogP contribution in [0.1, 0.15) is 39.3 Å². The van der Waals surface area contributed by atoms with Crippen molar-refractivity contribution in [3.63, 3.8) is 0 Å². The largest absolute Gasteiger partial charge is 0.324 e. The third kappa shape index (κ3) is 4.01. The highest BCUT2D eigenvalue weighted by atomic mass is 16.1. The Hall–Kier alpha value is -3.27. The van der Waals surface area contributed by atoms with Gasteiger partial charge in [-0.05, 0) is 43.9 Å². The summed E-state index contributed by atoms with van der Waals surface area (Å²) in [5, 5.41) is 3.26. The van der Waals surface area contributed by atoms with Gasteiger partial charge in [0, 0.05) is 12.1 Å². The van der Waals surface area contributed by atoms with Gasteiger partial charge in [-0.3, -0.25) is 4.79 Å². The van der Waals surface area contributed by atoms with Crippen LogP contribution in [0.15, 0.2) is 60.7 Å². The number of aryl methyl sites for hydroxylation is 2. The van der Waals surface area contributed by atoms with E-state index in [2.05, 4.69) is 46.5 Å². The monoisotopic (exact) mass is 369 g/mol. The molecule has 1 aliphatic rings. The zero-order valence-electron chi connectivity index (χ0n) is 16.1. The summed E-state index contributed by atoms with van der Waals surface area (Å²) in [6.45, 7) is 3.94. The Morgan fingerprint density at radius 1 is 0.964 bits per heavy atom. The number of hydrogen-bond acceptors (Lipinski definition) is 4. The normalized spacial score (nSPS) is 16.2. The highest BCUT2D eigenvalue weighted by Gasteiger charge is 2.27. The number of hydrogen-bond donors (Lipinski definition) is 1. The molecule has 0 saturated heterocycles. The molecule has 0 bridgehead atoms. The van der Waals surface area contributed by atoms with E-state index in [0.717, 1.165) is 29.1 Å². The number of nitrogens with zero attached hydrogens (tertiary/aromatic N) is 2. The molecule has 1 unspecified atom stereocenters. The molecule has 140 valence electrons. The second-order valence-corrected chi connectivity index (χ2v) is 7.31. The maximum absolute atomic E-state index is 12.7. The third-order valence-corrected chi connectivity index (χ3v) is 5.01. The van der Waals surface area contributed by atoms with Crippen molar-refractivity contribution in [3.05, 3.63) is 88.8 Å². The van der Waals surface area contributed by atoms with Gasteiger partial charge in [-0.25, -0.2) is 9.97 Å². The second kappa shape index (κ2) is 7.77. The van der Waals surface area contributed by atoms with Crippen molar-refractivity contribution in [1.82, 2.24) is 9.97 Å². The molecule has 0 saturated carbocycles. The molecule has 0 fully saturated rings. The Kier molecular flexibility index (Phi) is 5.02. The number of Topliss-reactive ketones (excluding diaryl/α,β-unsaturated/α-hetero) is 1. The first-order valence-electron chi connectivity index (χ1n) is 9.56. The lowest BCUT2D eigenvalue weighted by Gasteiger charge is -2.22. The van der Waals surface area contributed by atoms with E-state index in [1.807, 2.05) is 49.4 Å². The molecule has 1 aliphatic carbocycles. The van der Waals surface area contributed by atoms with E-state index < -0.39 is 0 Å². The fourth-order valence-corrected chi connectivity index (χ4v) is 3.57. The Bertz CT molecular complexity index is 1020. The quantitative estimate of drug-likeness (QED) is 0.678. The Morgan fingerprint density at radius 2 is 1.71 bits per heavy atom. The van der Waals surface area contributed by atoms with Crippen LogP contribution in [0.4, 0.5) is 11.6 Å². The zero-order chi connectivity index (χ0) is 19.5. The first-order chi connectivity index (χ1) is 13.6. The van der Waals surface area contributed by atoms with E-state index in [-0.39, 0.29) is 11.7 Å². The molecule has 0 amide bonds. The van der Waals surface area contributed by atoms with Gasteiger partial charge in [0.1, 0.15) is 0 Å². The molecule has 4 heteroatoms. The zero-order valence-corrected chi connectivity index (χ0v) is 16.1.